The molecular formula is C21H26N4O2. The molecule has 2 bridgehead atoms. The van der Waals surface area contributed by atoms with Gasteiger partial charge in [-0.15, -0.1) is 0 Å². The fraction of sp³-hybridized carbons (Fsp3) is 0.476. The lowest BCUT2D eigenvalue weighted by molar-refractivity contribution is -0.156. The maximum atomic E-state index is 13.2. The number of fused-ring (bicyclic) bond motifs is 2. The van der Waals surface area contributed by atoms with E-state index in [1.54, 1.807) is 0 Å². The molecule has 2 N–H and O–H groups in total. The fourth-order valence-electron chi connectivity index (χ4n) is 4.95. The molecule has 1 aromatic heterocycles. The van der Waals surface area contributed by atoms with Crippen molar-refractivity contribution < 1.29 is 9.53 Å². The highest BCUT2D eigenvalue weighted by molar-refractivity contribution is 5.81. The number of esters is 1. The number of nitrogens with two attached hydrogens (primary N) is 1. The Morgan fingerprint density at radius 3 is 2.78 bits per heavy atom. The molecule has 3 heterocycles. The molecule has 2 saturated heterocycles. The first-order chi connectivity index (χ1) is 13.0. The van der Waals surface area contributed by atoms with E-state index < -0.39 is 5.41 Å². The Kier molecular flexibility index (Phi) is 4.50. The molecule has 3 atom stereocenters. The van der Waals surface area contributed by atoms with Crippen molar-refractivity contribution in [3.8, 4) is 0 Å². The molecule has 6 nitrogen and oxygen atoms in total. The summed E-state index contributed by atoms with van der Waals surface area (Å²) >= 11 is 0. The lowest BCUT2D eigenvalue weighted by atomic mass is 9.70. The molecule has 0 spiro atoms. The van der Waals surface area contributed by atoms with Gasteiger partial charge < -0.3 is 15.4 Å². The molecule has 142 valence electrons. The minimum absolute atomic E-state index is 0.0652. The van der Waals surface area contributed by atoms with Crippen LogP contribution in [0, 0.1) is 12.3 Å². The Bertz CT molecular complexity index is 821. The number of benzene rings is 1. The predicted molar refractivity (Wildman–Crippen MR) is 104 cm³/mol. The van der Waals surface area contributed by atoms with Crippen molar-refractivity contribution >= 4 is 17.7 Å². The van der Waals surface area contributed by atoms with E-state index in [4.69, 9.17) is 10.5 Å². The third kappa shape index (κ3) is 3.03. The van der Waals surface area contributed by atoms with Crippen molar-refractivity contribution in [1.82, 2.24) is 9.97 Å². The van der Waals surface area contributed by atoms with E-state index in [1.165, 1.54) is 0 Å². The summed E-state index contributed by atoms with van der Waals surface area (Å²) < 4.78 is 5.56. The van der Waals surface area contributed by atoms with E-state index in [1.807, 2.05) is 38.1 Å². The van der Waals surface area contributed by atoms with Gasteiger partial charge in [-0.25, -0.2) is 4.98 Å². The molecule has 4 rings (SSSR count). The van der Waals surface area contributed by atoms with Crippen molar-refractivity contribution in [3.05, 3.63) is 47.7 Å². The highest BCUT2D eigenvalue weighted by Crippen LogP contribution is 2.53. The number of anilines is 2. The van der Waals surface area contributed by atoms with E-state index in [2.05, 4.69) is 27.0 Å². The highest BCUT2D eigenvalue weighted by atomic mass is 16.5. The molecule has 27 heavy (non-hydrogen) atoms. The summed E-state index contributed by atoms with van der Waals surface area (Å²) in [5.74, 6) is 1.01. The zero-order valence-electron chi connectivity index (χ0n) is 15.9. The van der Waals surface area contributed by atoms with Crippen LogP contribution in [0.5, 0.6) is 0 Å². The normalized spacial score (nSPS) is 26.4. The Labute approximate surface area is 159 Å². The van der Waals surface area contributed by atoms with Crippen LogP contribution in [0.3, 0.4) is 0 Å². The average Bonchev–Trinajstić information content (AvgIpc) is 3.18. The summed E-state index contributed by atoms with van der Waals surface area (Å²) in [6.07, 6.45) is 3.49. The first kappa shape index (κ1) is 17.8. The zero-order chi connectivity index (χ0) is 19.0. The van der Waals surface area contributed by atoms with Crippen LogP contribution in [0.25, 0.3) is 0 Å². The van der Waals surface area contributed by atoms with Gasteiger partial charge in [-0.2, -0.15) is 4.98 Å². The lowest BCUT2D eigenvalue weighted by Crippen LogP contribution is -2.46. The van der Waals surface area contributed by atoms with Crippen molar-refractivity contribution in [3.63, 3.8) is 0 Å². The van der Waals surface area contributed by atoms with Crippen LogP contribution in [-0.4, -0.2) is 34.6 Å². The minimum Gasteiger partial charge on any atom is -0.465 e. The molecule has 0 amide bonds. The Hall–Kier alpha value is -2.63. The largest absolute Gasteiger partial charge is 0.465 e. The van der Waals surface area contributed by atoms with E-state index in [-0.39, 0.29) is 24.0 Å². The van der Waals surface area contributed by atoms with Crippen LogP contribution < -0.4 is 10.6 Å². The van der Waals surface area contributed by atoms with Gasteiger partial charge in [0.2, 0.25) is 5.95 Å². The molecule has 0 radical (unpaired) electrons. The van der Waals surface area contributed by atoms with Gasteiger partial charge >= 0.3 is 5.97 Å². The van der Waals surface area contributed by atoms with Gasteiger partial charge in [0.1, 0.15) is 5.82 Å². The number of carbonyl (C=O) groups excluding carboxylic acids is 1. The van der Waals surface area contributed by atoms with Gasteiger partial charge in [0.05, 0.1) is 12.0 Å². The SMILES string of the molecule is CCOC(=O)[C@@]1(Cc2ccccc2)C[C@H]2CC[C@@H]1N2c1cc(C)nc(N)n1. The number of rotatable bonds is 5. The number of hydrogen-bond donors (Lipinski definition) is 1. The number of nitrogen functional groups attached to an aromatic ring is 1. The second-order valence-corrected chi connectivity index (χ2v) is 7.62. The second kappa shape index (κ2) is 6.83. The second-order valence-electron chi connectivity index (χ2n) is 7.62. The standard InChI is InChI=1S/C21H26N4O2/c1-3-27-19(26)21(12-15-7-5-4-6-8-15)13-16-9-10-17(21)25(16)18-11-14(2)23-20(22)24-18/h4-8,11,16-17H,3,9-10,12-13H2,1-2H3,(H2,22,23,24)/t16-,17+,21+/m1/s1. The lowest BCUT2D eigenvalue weighted by Gasteiger charge is -2.35. The third-order valence-corrected chi connectivity index (χ3v) is 5.91. The summed E-state index contributed by atoms with van der Waals surface area (Å²) in [4.78, 5) is 24.1. The molecule has 2 fully saturated rings. The molecule has 0 aliphatic carbocycles. The van der Waals surface area contributed by atoms with Crippen molar-refractivity contribution in [2.24, 2.45) is 5.41 Å². The molecule has 2 aliphatic rings. The van der Waals surface area contributed by atoms with E-state index in [0.29, 0.717) is 13.0 Å². The van der Waals surface area contributed by atoms with Gasteiger partial charge in [0.15, 0.2) is 0 Å². The number of nitrogens with zero attached hydrogens (tertiary/aromatic N) is 3. The molecule has 2 aromatic rings. The smallest absolute Gasteiger partial charge is 0.314 e. The Balaban J connectivity index is 1.73. The maximum Gasteiger partial charge on any atom is 0.314 e. The Morgan fingerprint density at radius 2 is 2.07 bits per heavy atom. The number of ether oxygens (including phenoxy) is 1. The number of aryl methyl sites for hydroxylation is 1. The van der Waals surface area contributed by atoms with E-state index >= 15 is 0 Å². The van der Waals surface area contributed by atoms with Crippen LogP contribution in [-0.2, 0) is 16.0 Å². The van der Waals surface area contributed by atoms with E-state index in [0.717, 1.165) is 36.3 Å². The average molecular weight is 366 g/mol. The molecule has 2 aliphatic heterocycles. The number of carbonyl (C=O) groups is 1. The van der Waals surface area contributed by atoms with Gasteiger partial charge in [-0.3, -0.25) is 4.79 Å². The maximum absolute atomic E-state index is 13.2. The molecule has 6 heteroatoms. The number of hydrogen-bond acceptors (Lipinski definition) is 6. The molecular weight excluding hydrogens is 340 g/mol. The van der Waals surface area contributed by atoms with Crippen LogP contribution in [0.1, 0.15) is 37.4 Å². The van der Waals surface area contributed by atoms with Gasteiger partial charge in [0, 0.05) is 23.8 Å². The summed E-state index contributed by atoms with van der Waals surface area (Å²) in [7, 11) is 0. The first-order valence-corrected chi connectivity index (χ1v) is 9.64. The van der Waals surface area contributed by atoms with Gasteiger partial charge in [-0.05, 0) is 45.1 Å². The van der Waals surface area contributed by atoms with Crippen molar-refractivity contribution in [2.75, 3.05) is 17.2 Å². The number of aromatic nitrogens is 2. The molecule has 0 saturated carbocycles. The van der Waals surface area contributed by atoms with Crippen LogP contribution in [0.4, 0.5) is 11.8 Å². The van der Waals surface area contributed by atoms with Crippen LogP contribution in [0.15, 0.2) is 36.4 Å². The topological polar surface area (TPSA) is 81.3 Å². The van der Waals surface area contributed by atoms with Crippen molar-refractivity contribution in [1.29, 1.82) is 0 Å². The first-order valence-electron chi connectivity index (χ1n) is 9.64. The summed E-state index contributed by atoms with van der Waals surface area (Å²) in [5.41, 5.74) is 7.35. The monoisotopic (exact) mass is 366 g/mol. The summed E-state index contributed by atoms with van der Waals surface area (Å²) in [6.45, 7) is 4.18. The summed E-state index contributed by atoms with van der Waals surface area (Å²) in [5, 5.41) is 0. The van der Waals surface area contributed by atoms with E-state index in [9.17, 15) is 4.79 Å². The quantitative estimate of drug-likeness (QED) is 0.820. The Morgan fingerprint density at radius 1 is 1.30 bits per heavy atom. The minimum atomic E-state index is -0.548. The highest BCUT2D eigenvalue weighted by Gasteiger charge is 2.61. The third-order valence-electron chi connectivity index (χ3n) is 5.91. The van der Waals surface area contributed by atoms with Crippen LogP contribution >= 0.6 is 0 Å². The van der Waals surface area contributed by atoms with Gasteiger partial charge in [-0.1, -0.05) is 30.3 Å². The van der Waals surface area contributed by atoms with Crippen LogP contribution in [0.2, 0.25) is 0 Å². The zero-order valence-corrected chi connectivity index (χ0v) is 15.9. The molecule has 1 aromatic carbocycles. The predicted octanol–water partition coefficient (Wildman–Crippen LogP) is 2.90. The molecule has 0 unspecified atom stereocenters. The fourth-order valence-corrected chi connectivity index (χ4v) is 4.95. The van der Waals surface area contributed by atoms with Gasteiger partial charge in [0.25, 0.3) is 0 Å². The van der Waals surface area contributed by atoms with Crippen molar-refractivity contribution in [2.45, 2.75) is 51.6 Å². The summed E-state index contributed by atoms with van der Waals surface area (Å²) in [6, 6.07) is 12.5.